The Balaban J connectivity index is 2.29. The van der Waals surface area contributed by atoms with Gasteiger partial charge in [0.2, 0.25) is 0 Å². The van der Waals surface area contributed by atoms with Crippen LogP contribution in [0.25, 0.3) is 11.1 Å². The van der Waals surface area contributed by atoms with Crippen LogP contribution >= 0.6 is 11.6 Å². The number of nitrogens with two attached hydrogens (primary N) is 2. The van der Waals surface area contributed by atoms with Gasteiger partial charge in [-0.25, -0.2) is 4.98 Å². The monoisotopic (exact) mass is 246 g/mol. The highest BCUT2D eigenvalue weighted by Gasteiger charge is 1.98. The van der Waals surface area contributed by atoms with Crippen LogP contribution in [-0.2, 0) is 0 Å². The highest BCUT2D eigenvalue weighted by molar-refractivity contribution is 6.30. The molecule has 0 bridgehead atoms. The fourth-order valence-electron chi connectivity index (χ4n) is 1.40. The molecule has 0 aliphatic rings. The number of hydrogen-bond donors (Lipinski definition) is 2. The molecule has 0 saturated carbocycles. The van der Waals surface area contributed by atoms with Gasteiger partial charge in [0.25, 0.3) is 0 Å². The third-order valence-electron chi connectivity index (χ3n) is 2.17. The highest BCUT2D eigenvalue weighted by atomic mass is 35.5. The molecule has 0 unspecified atom stereocenters. The molecule has 0 radical (unpaired) electrons. The molecule has 17 heavy (non-hydrogen) atoms. The zero-order chi connectivity index (χ0) is 12.3. The van der Waals surface area contributed by atoms with E-state index in [2.05, 4.69) is 9.98 Å². The van der Waals surface area contributed by atoms with Gasteiger partial charge in [-0.05, 0) is 29.8 Å². The second kappa shape index (κ2) is 4.84. The van der Waals surface area contributed by atoms with Crippen molar-refractivity contribution in [1.82, 2.24) is 4.98 Å². The molecular formula is C12H11ClN4. The first kappa shape index (κ1) is 11.4. The van der Waals surface area contributed by atoms with Crippen LogP contribution in [0.3, 0.4) is 0 Å². The zero-order valence-electron chi connectivity index (χ0n) is 8.97. The summed E-state index contributed by atoms with van der Waals surface area (Å²) in [5.41, 5.74) is 12.5. The van der Waals surface area contributed by atoms with E-state index >= 15 is 0 Å². The minimum absolute atomic E-state index is 0.00302. The predicted octanol–water partition coefficient (Wildman–Crippen LogP) is 2.31. The zero-order valence-corrected chi connectivity index (χ0v) is 9.72. The van der Waals surface area contributed by atoms with Crippen LogP contribution in [0.2, 0.25) is 5.02 Å². The average Bonchev–Trinajstić information content (AvgIpc) is 2.30. The molecule has 2 rings (SSSR count). The predicted molar refractivity (Wildman–Crippen MR) is 70.2 cm³/mol. The molecule has 4 N–H and O–H groups in total. The average molecular weight is 247 g/mol. The fourth-order valence-corrected chi connectivity index (χ4v) is 1.52. The van der Waals surface area contributed by atoms with E-state index < -0.39 is 0 Å². The number of nitrogens with zero attached hydrogens (tertiary/aromatic N) is 2. The number of aliphatic imine (C=N–C) groups is 1. The fraction of sp³-hybridized carbons (Fsp3) is 0. The number of guanidine groups is 1. The molecule has 5 heteroatoms. The molecular weight excluding hydrogens is 236 g/mol. The van der Waals surface area contributed by atoms with Crippen molar-refractivity contribution in [3.63, 3.8) is 0 Å². The molecule has 0 saturated heterocycles. The maximum atomic E-state index is 5.82. The van der Waals surface area contributed by atoms with Crippen molar-refractivity contribution in [1.29, 1.82) is 0 Å². The molecule has 2 aromatic rings. The van der Waals surface area contributed by atoms with Crippen molar-refractivity contribution < 1.29 is 0 Å². The number of hydrogen-bond acceptors (Lipinski definition) is 2. The van der Waals surface area contributed by atoms with Gasteiger partial charge in [-0.3, -0.25) is 0 Å². The number of benzene rings is 1. The first-order valence-electron chi connectivity index (χ1n) is 4.97. The van der Waals surface area contributed by atoms with E-state index in [9.17, 15) is 0 Å². The summed E-state index contributed by atoms with van der Waals surface area (Å²) >= 11 is 5.82. The standard InChI is InChI=1S/C12H11ClN4/c13-10-4-1-8(2-5-10)9-3-6-11(16-7-9)17-12(14)15/h1-7H,(H4,14,15,16,17). The van der Waals surface area contributed by atoms with Crippen molar-refractivity contribution in [2.24, 2.45) is 16.5 Å². The van der Waals surface area contributed by atoms with Gasteiger partial charge in [-0.1, -0.05) is 23.7 Å². The Morgan fingerprint density at radius 1 is 1.00 bits per heavy atom. The van der Waals surface area contributed by atoms with Gasteiger partial charge in [0, 0.05) is 16.8 Å². The topological polar surface area (TPSA) is 77.3 Å². The van der Waals surface area contributed by atoms with Gasteiger partial charge in [-0.2, -0.15) is 4.99 Å². The van der Waals surface area contributed by atoms with Gasteiger partial charge in [0.15, 0.2) is 11.8 Å². The third kappa shape index (κ3) is 2.95. The molecule has 1 heterocycles. The van der Waals surface area contributed by atoms with Gasteiger partial charge in [0.05, 0.1) is 0 Å². The van der Waals surface area contributed by atoms with Crippen molar-refractivity contribution in [2.75, 3.05) is 0 Å². The van der Waals surface area contributed by atoms with E-state index in [1.807, 2.05) is 30.3 Å². The number of pyridine rings is 1. The Bertz CT molecular complexity index is 527. The molecule has 1 aromatic heterocycles. The summed E-state index contributed by atoms with van der Waals surface area (Å²) in [5, 5.41) is 0.707. The summed E-state index contributed by atoms with van der Waals surface area (Å²) in [5.74, 6) is 0.486. The highest BCUT2D eigenvalue weighted by Crippen LogP contribution is 2.22. The molecule has 0 atom stereocenters. The molecule has 0 aliphatic carbocycles. The summed E-state index contributed by atoms with van der Waals surface area (Å²) in [6, 6.07) is 11.2. The Morgan fingerprint density at radius 3 is 2.18 bits per heavy atom. The number of aromatic nitrogens is 1. The first-order valence-corrected chi connectivity index (χ1v) is 5.34. The summed E-state index contributed by atoms with van der Waals surface area (Å²) in [6.45, 7) is 0. The summed E-state index contributed by atoms with van der Waals surface area (Å²) < 4.78 is 0. The summed E-state index contributed by atoms with van der Waals surface area (Å²) in [6.07, 6.45) is 1.71. The molecule has 0 amide bonds. The largest absolute Gasteiger partial charge is 0.370 e. The molecule has 4 nitrogen and oxygen atoms in total. The van der Waals surface area contributed by atoms with Crippen LogP contribution in [-0.4, -0.2) is 10.9 Å². The normalized spacial score (nSPS) is 9.94. The second-order valence-electron chi connectivity index (χ2n) is 3.45. The smallest absolute Gasteiger partial charge is 0.192 e. The third-order valence-corrected chi connectivity index (χ3v) is 2.42. The lowest BCUT2D eigenvalue weighted by Crippen LogP contribution is -2.22. The van der Waals surface area contributed by atoms with Crippen molar-refractivity contribution in [3.05, 3.63) is 47.6 Å². The number of rotatable bonds is 2. The Hall–Kier alpha value is -2.07. The van der Waals surface area contributed by atoms with Gasteiger partial charge >= 0.3 is 0 Å². The van der Waals surface area contributed by atoms with Crippen molar-refractivity contribution in [2.45, 2.75) is 0 Å². The number of halogens is 1. The summed E-state index contributed by atoms with van der Waals surface area (Å²) in [4.78, 5) is 7.99. The quantitative estimate of drug-likeness (QED) is 0.631. The van der Waals surface area contributed by atoms with Crippen LogP contribution in [0.5, 0.6) is 0 Å². The van der Waals surface area contributed by atoms with Crippen molar-refractivity contribution in [3.8, 4) is 11.1 Å². The lowest BCUT2D eigenvalue weighted by Gasteiger charge is -2.01. The molecule has 1 aromatic carbocycles. The molecule has 0 aliphatic heterocycles. The Morgan fingerprint density at radius 2 is 1.65 bits per heavy atom. The maximum absolute atomic E-state index is 5.82. The lowest BCUT2D eigenvalue weighted by molar-refractivity contribution is 1.26. The SMILES string of the molecule is NC(N)=Nc1ccc(-c2ccc(Cl)cc2)cn1. The molecule has 0 fully saturated rings. The van der Waals surface area contributed by atoms with Crippen LogP contribution in [0, 0.1) is 0 Å². The Kier molecular flexibility index (Phi) is 3.25. The van der Waals surface area contributed by atoms with Crippen LogP contribution in [0.4, 0.5) is 5.82 Å². The maximum Gasteiger partial charge on any atom is 0.192 e. The van der Waals surface area contributed by atoms with Gasteiger partial charge in [0.1, 0.15) is 0 Å². The first-order chi connectivity index (χ1) is 8.15. The van der Waals surface area contributed by atoms with Crippen LogP contribution < -0.4 is 11.5 Å². The Labute approximate surface area is 104 Å². The van der Waals surface area contributed by atoms with E-state index in [0.29, 0.717) is 10.8 Å². The van der Waals surface area contributed by atoms with Crippen LogP contribution in [0.1, 0.15) is 0 Å². The van der Waals surface area contributed by atoms with Gasteiger partial charge < -0.3 is 11.5 Å². The lowest BCUT2D eigenvalue weighted by atomic mass is 10.1. The van der Waals surface area contributed by atoms with E-state index in [1.54, 1.807) is 12.3 Å². The minimum atomic E-state index is -0.00302. The van der Waals surface area contributed by atoms with Crippen LogP contribution in [0.15, 0.2) is 47.6 Å². The van der Waals surface area contributed by atoms with E-state index in [0.717, 1.165) is 11.1 Å². The second-order valence-corrected chi connectivity index (χ2v) is 3.89. The minimum Gasteiger partial charge on any atom is -0.370 e. The summed E-state index contributed by atoms with van der Waals surface area (Å²) in [7, 11) is 0. The van der Waals surface area contributed by atoms with Crippen molar-refractivity contribution >= 4 is 23.4 Å². The molecule has 86 valence electrons. The van der Waals surface area contributed by atoms with E-state index in [4.69, 9.17) is 23.1 Å². The van der Waals surface area contributed by atoms with Gasteiger partial charge in [-0.15, -0.1) is 0 Å². The van der Waals surface area contributed by atoms with E-state index in [1.165, 1.54) is 0 Å². The van der Waals surface area contributed by atoms with E-state index in [-0.39, 0.29) is 5.96 Å². The molecule has 0 spiro atoms.